The Hall–Kier alpha value is -1.33. The monoisotopic (exact) mass is 306 g/mol. The summed E-state index contributed by atoms with van der Waals surface area (Å²) in [7, 11) is 0. The Balaban J connectivity index is 1.74. The SMILES string of the molecule is CC(C)NC(=O)[C@H]1CN(Cc2ccoc2)CC12CCOCC2. The summed E-state index contributed by atoms with van der Waals surface area (Å²) in [5, 5.41) is 3.11. The van der Waals surface area contributed by atoms with Gasteiger partial charge in [0.25, 0.3) is 0 Å². The van der Waals surface area contributed by atoms with Crippen molar-refractivity contribution in [1.82, 2.24) is 10.2 Å². The van der Waals surface area contributed by atoms with Crippen LogP contribution in [0.4, 0.5) is 0 Å². The zero-order valence-electron chi connectivity index (χ0n) is 13.5. The van der Waals surface area contributed by atoms with Gasteiger partial charge < -0.3 is 14.5 Å². The fourth-order valence-electron chi connectivity index (χ4n) is 3.86. The van der Waals surface area contributed by atoms with Crippen LogP contribution in [0.15, 0.2) is 23.0 Å². The summed E-state index contributed by atoms with van der Waals surface area (Å²) < 4.78 is 10.7. The van der Waals surface area contributed by atoms with Gasteiger partial charge in [-0.2, -0.15) is 0 Å². The van der Waals surface area contributed by atoms with E-state index >= 15 is 0 Å². The standard InChI is InChI=1S/C17H26N2O3/c1-13(2)18-16(20)15-10-19(9-14-3-6-22-11-14)12-17(15)4-7-21-8-5-17/h3,6,11,13,15H,4-5,7-10,12H2,1-2H3,(H,18,20)/t15-/m1/s1. The molecule has 1 aromatic rings. The lowest BCUT2D eigenvalue weighted by atomic mass is 9.71. The Labute approximate surface area is 132 Å². The van der Waals surface area contributed by atoms with E-state index in [1.54, 1.807) is 12.5 Å². The average molecular weight is 306 g/mol. The summed E-state index contributed by atoms with van der Waals surface area (Å²) in [4.78, 5) is 15.1. The van der Waals surface area contributed by atoms with Crippen LogP contribution in [0.1, 0.15) is 32.3 Å². The Bertz CT molecular complexity index is 492. The first kappa shape index (κ1) is 15.6. The Kier molecular flexibility index (Phi) is 4.54. The summed E-state index contributed by atoms with van der Waals surface area (Å²) in [5.74, 6) is 0.261. The van der Waals surface area contributed by atoms with Crippen molar-refractivity contribution in [1.29, 1.82) is 0 Å². The molecule has 0 saturated carbocycles. The summed E-state index contributed by atoms with van der Waals surface area (Å²) in [6.45, 7) is 8.22. The van der Waals surface area contributed by atoms with Crippen LogP contribution in [-0.2, 0) is 16.1 Å². The molecule has 2 aliphatic rings. The molecule has 22 heavy (non-hydrogen) atoms. The van der Waals surface area contributed by atoms with Crippen molar-refractivity contribution < 1.29 is 13.9 Å². The number of furan rings is 1. The van der Waals surface area contributed by atoms with Crippen LogP contribution in [0.25, 0.3) is 0 Å². The highest BCUT2D eigenvalue weighted by molar-refractivity contribution is 5.80. The minimum Gasteiger partial charge on any atom is -0.472 e. The maximum absolute atomic E-state index is 12.7. The zero-order valence-corrected chi connectivity index (χ0v) is 13.5. The molecule has 1 atom stereocenters. The van der Waals surface area contributed by atoms with E-state index in [0.29, 0.717) is 0 Å². The van der Waals surface area contributed by atoms with E-state index < -0.39 is 0 Å². The summed E-state index contributed by atoms with van der Waals surface area (Å²) in [5.41, 5.74) is 1.24. The summed E-state index contributed by atoms with van der Waals surface area (Å²) in [6.07, 6.45) is 5.45. The molecule has 1 spiro atoms. The maximum Gasteiger partial charge on any atom is 0.225 e. The van der Waals surface area contributed by atoms with Gasteiger partial charge in [0, 0.05) is 49.9 Å². The molecule has 5 heteroatoms. The lowest BCUT2D eigenvalue weighted by molar-refractivity contribution is -0.130. The first-order chi connectivity index (χ1) is 10.6. The second-order valence-electron chi connectivity index (χ2n) is 6.99. The maximum atomic E-state index is 12.7. The third-order valence-electron chi connectivity index (χ3n) is 4.94. The van der Waals surface area contributed by atoms with Crippen molar-refractivity contribution in [2.45, 2.75) is 39.3 Å². The molecule has 5 nitrogen and oxygen atoms in total. The van der Waals surface area contributed by atoms with Gasteiger partial charge in [-0.15, -0.1) is 0 Å². The lowest BCUT2D eigenvalue weighted by Crippen LogP contribution is -2.46. The second-order valence-corrected chi connectivity index (χ2v) is 6.99. The van der Waals surface area contributed by atoms with Gasteiger partial charge in [-0.05, 0) is 32.8 Å². The van der Waals surface area contributed by atoms with Crippen LogP contribution in [0.5, 0.6) is 0 Å². The van der Waals surface area contributed by atoms with E-state index in [4.69, 9.17) is 9.15 Å². The predicted molar refractivity (Wildman–Crippen MR) is 83.2 cm³/mol. The first-order valence-corrected chi connectivity index (χ1v) is 8.21. The van der Waals surface area contributed by atoms with Crippen LogP contribution in [0.2, 0.25) is 0 Å². The fourth-order valence-corrected chi connectivity index (χ4v) is 3.86. The van der Waals surface area contributed by atoms with Gasteiger partial charge in [0.15, 0.2) is 0 Å². The first-order valence-electron chi connectivity index (χ1n) is 8.21. The molecular weight excluding hydrogens is 280 g/mol. The number of likely N-dealkylation sites (tertiary alicyclic amines) is 1. The quantitative estimate of drug-likeness (QED) is 0.925. The van der Waals surface area contributed by atoms with Crippen LogP contribution in [0.3, 0.4) is 0 Å². The van der Waals surface area contributed by atoms with E-state index in [1.807, 2.05) is 19.9 Å². The number of hydrogen-bond donors (Lipinski definition) is 1. The van der Waals surface area contributed by atoms with Gasteiger partial charge in [-0.1, -0.05) is 0 Å². The van der Waals surface area contributed by atoms with Crippen LogP contribution in [-0.4, -0.2) is 43.2 Å². The molecule has 1 amide bonds. The molecule has 1 aromatic heterocycles. The minimum absolute atomic E-state index is 0.0608. The summed E-state index contributed by atoms with van der Waals surface area (Å²) >= 11 is 0. The molecule has 2 saturated heterocycles. The third kappa shape index (κ3) is 3.20. The van der Waals surface area contributed by atoms with Gasteiger partial charge in [-0.25, -0.2) is 0 Å². The highest BCUT2D eigenvalue weighted by Gasteiger charge is 2.50. The minimum atomic E-state index is 0.0608. The highest BCUT2D eigenvalue weighted by atomic mass is 16.5. The number of nitrogens with zero attached hydrogens (tertiary/aromatic N) is 1. The van der Waals surface area contributed by atoms with Crippen LogP contribution < -0.4 is 5.32 Å². The van der Waals surface area contributed by atoms with Crippen molar-refractivity contribution in [2.75, 3.05) is 26.3 Å². The van der Waals surface area contributed by atoms with Gasteiger partial charge >= 0.3 is 0 Å². The van der Waals surface area contributed by atoms with E-state index in [2.05, 4.69) is 10.2 Å². The molecule has 3 rings (SSSR count). The third-order valence-corrected chi connectivity index (χ3v) is 4.94. The predicted octanol–water partition coefficient (Wildman–Crippen LogP) is 2.03. The van der Waals surface area contributed by atoms with Gasteiger partial charge in [-0.3, -0.25) is 9.69 Å². The number of hydrogen-bond acceptors (Lipinski definition) is 4. The number of carbonyl (C=O) groups is 1. The van der Waals surface area contributed by atoms with Gasteiger partial charge in [0.2, 0.25) is 5.91 Å². The number of amides is 1. The van der Waals surface area contributed by atoms with Crippen molar-refractivity contribution in [3.63, 3.8) is 0 Å². The lowest BCUT2D eigenvalue weighted by Gasteiger charge is -2.37. The molecule has 2 fully saturated rings. The van der Waals surface area contributed by atoms with E-state index in [0.717, 1.165) is 45.7 Å². The fraction of sp³-hybridized carbons (Fsp3) is 0.706. The molecule has 1 N–H and O–H groups in total. The Morgan fingerprint density at radius 2 is 2.23 bits per heavy atom. The van der Waals surface area contributed by atoms with Crippen molar-refractivity contribution in [2.24, 2.45) is 11.3 Å². The highest BCUT2D eigenvalue weighted by Crippen LogP contribution is 2.44. The number of nitrogens with one attached hydrogen (secondary N) is 1. The zero-order chi connectivity index (χ0) is 15.6. The molecule has 0 unspecified atom stereocenters. The number of ether oxygens (including phenoxy) is 1. The second kappa shape index (κ2) is 6.42. The van der Waals surface area contributed by atoms with Crippen molar-refractivity contribution >= 4 is 5.91 Å². The molecule has 2 aliphatic heterocycles. The van der Waals surface area contributed by atoms with Crippen LogP contribution >= 0.6 is 0 Å². The van der Waals surface area contributed by atoms with E-state index in [-0.39, 0.29) is 23.3 Å². The largest absolute Gasteiger partial charge is 0.472 e. The topological polar surface area (TPSA) is 54.7 Å². The molecule has 122 valence electrons. The molecular formula is C17H26N2O3. The average Bonchev–Trinajstić information content (AvgIpc) is 3.08. The number of carbonyl (C=O) groups excluding carboxylic acids is 1. The van der Waals surface area contributed by atoms with E-state index in [9.17, 15) is 4.79 Å². The van der Waals surface area contributed by atoms with Crippen LogP contribution in [0, 0.1) is 11.3 Å². The van der Waals surface area contributed by atoms with Gasteiger partial charge in [0.05, 0.1) is 18.4 Å². The van der Waals surface area contributed by atoms with Gasteiger partial charge in [0.1, 0.15) is 0 Å². The molecule has 3 heterocycles. The molecule has 0 radical (unpaired) electrons. The Morgan fingerprint density at radius 3 is 2.86 bits per heavy atom. The van der Waals surface area contributed by atoms with Crippen molar-refractivity contribution in [3.8, 4) is 0 Å². The smallest absolute Gasteiger partial charge is 0.225 e. The molecule has 0 aliphatic carbocycles. The Morgan fingerprint density at radius 1 is 1.45 bits per heavy atom. The summed E-state index contributed by atoms with van der Waals surface area (Å²) in [6, 6.07) is 2.19. The molecule has 0 bridgehead atoms. The number of rotatable bonds is 4. The normalized spacial score (nSPS) is 25.0. The van der Waals surface area contributed by atoms with Crippen molar-refractivity contribution in [3.05, 3.63) is 24.2 Å². The van der Waals surface area contributed by atoms with E-state index in [1.165, 1.54) is 5.56 Å². The molecule has 0 aromatic carbocycles.